The summed E-state index contributed by atoms with van der Waals surface area (Å²) in [6, 6.07) is 0. The lowest BCUT2D eigenvalue weighted by molar-refractivity contribution is 0.386. The van der Waals surface area contributed by atoms with Crippen LogP contribution in [0.3, 0.4) is 0 Å². The summed E-state index contributed by atoms with van der Waals surface area (Å²) in [4.78, 5) is 20.4. The van der Waals surface area contributed by atoms with Crippen LogP contribution in [0.4, 0.5) is 5.13 Å². The highest BCUT2D eigenvalue weighted by atomic mass is 32.1. The number of anilines is 1. The van der Waals surface area contributed by atoms with Gasteiger partial charge in [-0.1, -0.05) is 0 Å². The van der Waals surface area contributed by atoms with Crippen molar-refractivity contribution in [2.75, 3.05) is 5.73 Å². The van der Waals surface area contributed by atoms with Crippen molar-refractivity contribution in [1.82, 2.24) is 4.98 Å². The highest BCUT2D eigenvalue weighted by molar-refractivity contribution is 7.60. The van der Waals surface area contributed by atoms with Gasteiger partial charge in [0, 0.05) is 5.38 Å². The van der Waals surface area contributed by atoms with E-state index in [1.807, 2.05) is 0 Å². The Morgan fingerprint density at radius 2 is 2.30 bits per heavy atom. The van der Waals surface area contributed by atoms with Crippen LogP contribution in [0.1, 0.15) is 0 Å². The lowest BCUT2D eigenvalue weighted by Gasteiger charge is -1.95. The van der Waals surface area contributed by atoms with E-state index >= 15 is 0 Å². The molecule has 0 saturated heterocycles. The van der Waals surface area contributed by atoms with Crippen LogP contribution >= 0.6 is 18.9 Å². The van der Waals surface area contributed by atoms with Crippen molar-refractivity contribution in [2.45, 2.75) is 0 Å². The van der Waals surface area contributed by atoms with Crippen molar-refractivity contribution in [3.63, 3.8) is 0 Å². The number of rotatable bonds is 1. The van der Waals surface area contributed by atoms with E-state index in [0.717, 1.165) is 11.3 Å². The zero-order valence-electron chi connectivity index (χ0n) is 4.76. The van der Waals surface area contributed by atoms with Crippen LogP contribution in [0.25, 0.3) is 0 Å². The van der Waals surface area contributed by atoms with Crippen molar-refractivity contribution in [1.29, 1.82) is 0 Å². The molecule has 0 amide bonds. The van der Waals surface area contributed by atoms with Gasteiger partial charge in [-0.3, -0.25) is 4.57 Å². The third-order valence-corrected chi connectivity index (χ3v) is 2.48. The molecule has 0 unspecified atom stereocenters. The lowest BCUT2D eigenvalue weighted by Crippen LogP contribution is -2.04. The summed E-state index contributed by atoms with van der Waals surface area (Å²) in [7, 11) is -4.18. The Labute approximate surface area is 60.7 Å². The van der Waals surface area contributed by atoms with Crippen LogP contribution in [-0.4, -0.2) is 14.8 Å². The van der Waals surface area contributed by atoms with Gasteiger partial charge in [0.2, 0.25) is 0 Å². The third kappa shape index (κ3) is 1.54. The molecule has 0 aliphatic rings. The van der Waals surface area contributed by atoms with Crippen LogP contribution in [-0.2, 0) is 4.57 Å². The van der Waals surface area contributed by atoms with Crippen LogP contribution in [0.15, 0.2) is 5.38 Å². The number of nitrogens with zero attached hydrogens (tertiary/aromatic N) is 1. The molecule has 1 aromatic rings. The van der Waals surface area contributed by atoms with Gasteiger partial charge in [-0.15, -0.1) is 11.3 Å². The Bertz CT molecular complexity index is 279. The van der Waals surface area contributed by atoms with Gasteiger partial charge in [-0.2, -0.15) is 0 Å². The monoisotopic (exact) mass is 180 g/mol. The first-order valence-corrected chi connectivity index (χ1v) is 4.76. The van der Waals surface area contributed by atoms with Gasteiger partial charge in [-0.05, 0) is 0 Å². The zero-order valence-corrected chi connectivity index (χ0v) is 6.47. The second-order valence-electron chi connectivity index (χ2n) is 1.59. The van der Waals surface area contributed by atoms with E-state index in [4.69, 9.17) is 15.5 Å². The molecule has 1 heterocycles. The first-order valence-electron chi connectivity index (χ1n) is 2.27. The molecule has 0 aromatic carbocycles. The quantitative estimate of drug-likeness (QED) is 0.507. The minimum Gasteiger partial charge on any atom is -0.375 e. The van der Waals surface area contributed by atoms with Gasteiger partial charge < -0.3 is 15.5 Å². The molecule has 0 aliphatic heterocycles. The predicted molar refractivity (Wildman–Crippen MR) is 38.2 cm³/mol. The predicted octanol–water partition coefficient (Wildman–Crippen LogP) is -0.472. The Morgan fingerprint density at radius 3 is 2.50 bits per heavy atom. The molecule has 0 saturated carbocycles. The number of hydrogen-bond acceptors (Lipinski definition) is 4. The van der Waals surface area contributed by atoms with E-state index in [2.05, 4.69) is 4.98 Å². The average Bonchev–Trinajstić information content (AvgIpc) is 2.11. The van der Waals surface area contributed by atoms with E-state index in [1.165, 1.54) is 5.38 Å². The molecule has 4 N–H and O–H groups in total. The summed E-state index contributed by atoms with van der Waals surface area (Å²) in [6.45, 7) is 0. The molecule has 56 valence electrons. The van der Waals surface area contributed by atoms with E-state index in [0.29, 0.717) is 0 Å². The topological polar surface area (TPSA) is 96.4 Å². The second-order valence-corrected chi connectivity index (χ2v) is 4.02. The normalized spacial score (nSPS) is 11.8. The van der Waals surface area contributed by atoms with Gasteiger partial charge in [-0.25, -0.2) is 4.98 Å². The SMILES string of the molecule is Nc1nc(P(=O)(O)O)cs1. The van der Waals surface area contributed by atoms with Gasteiger partial charge in [0.15, 0.2) is 10.6 Å². The van der Waals surface area contributed by atoms with Gasteiger partial charge >= 0.3 is 7.60 Å². The van der Waals surface area contributed by atoms with Crippen molar-refractivity contribution in [3.8, 4) is 0 Å². The first kappa shape index (κ1) is 7.68. The summed E-state index contributed by atoms with van der Waals surface area (Å²) >= 11 is 1.01. The zero-order chi connectivity index (χ0) is 7.78. The Morgan fingerprint density at radius 1 is 1.70 bits per heavy atom. The maximum atomic E-state index is 10.4. The molecular formula is C3H5N2O3PS. The number of hydrogen-bond donors (Lipinski definition) is 3. The van der Waals surface area contributed by atoms with Gasteiger partial charge in [0.1, 0.15) is 0 Å². The molecule has 7 heteroatoms. The molecule has 5 nitrogen and oxygen atoms in total. The van der Waals surface area contributed by atoms with Crippen molar-refractivity contribution in [3.05, 3.63) is 5.38 Å². The van der Waals surface area contributed by atoms with Crippen LogP contribution in [0, 0.1) is 0 Å². The average molecular weight is 180 g/mol. The molecule has 0 bridgehead atoms. The fraction of sp³-hybridized carbons (Fsp3) is 0. The largest absolute Gasteiger partial charge is 0.375 e. The van der Waals surface area contributed by atoms with E-state index in [1.54, 1.807) is 0 Å². The van der Waals surface area contributed by atoms with Crippen molar-refractivity contribution in [2.24, 2.45) is 0 Å². The molecule has 1 rings (SSSR count). The number of nitrogens with two attached hydrogens (primary N) is 1. The van der Waals surface area contributed by atoms with Crippen LogP contribution in [0.2, 0.25) is 0 Å². The summed E-state index contributed by atoms with van der Waals surface area (Å²) in [6.07, 6.45) is 0. The molecule has 0 radical (unpaired) electrons. The summed E-state index contributed by atoms with van der Waals surface area (Å²) < 4.78 is 10.4. The first-order chi connectivity index (χ1) is 4.50. The Kier molecular flexibility index (Phi) is 1.78. The molecule has 1 aromatic heterocycles. The highest BCUT2D eigenvalue weighted by Gasteiger charge is 2.19. The molecule has 10 heavy (non-hydrogen) atoms. The van der Waals surface area contributed by atoms with Crippen molar-refractivity contribution >= 4 is 29.5 Å². The second kappa shape index (κ2) is 2.32. The highest BCUT2D eigenvalue weighted by Crippen LogP contribution is 2.33. The smallest absolute Gasteiger partial charge is 0.375 e. The molecule has 0 fully saturated rings. The standard InChI is InChI=1S/C3H5N2O3PS/c4-3-5-2(1-10-3)9(6,7)8/h1H,(H2,4,5)(H2,6,7,8). The Hall–Kier alpha value is -0.420. The molecule has 0 aliphatic carbocycles. The summed E-state index contributed by atoms with van der Waals surface area (Å²) in [5, 5.41) is 1.41. The fourth-order valence-electron chi connectivity index (χ4n) is 0.412. The fourth-order valence-corrected chi connectivity index (χ4v) is 1.86. The summed E-state index contributed by atoms with van der Waals surface area (Å²) in [5.74, 6) is 0. The third-order valence-electron chi connectivity index (χ3n) is 0.808. The Balaban J connectivity index is 3.08. The van der Waals surface area contributed by atoms with E-state index in [9.17, 15) is 4.57 Å². The molecule has 0 spiro atoms. The van der Waals surface area contributed by atoms with Crippen LogP contribution in [0.5, 0.6) is 0 Å². The maximum absolute atomic E-state index is 10.4. The maximum Gasteiger partial charge on any atom is 0.375 e. The molecule has 0 atom stereocenters. The van der Waals surface area contributed by atoms with E-state index < -0.39 is 7.60 Å². The minimum absolute atomic E-state index is 0.165. The molecular weight excluding hydrogens is 175 g/mol. The van der Waals surface area contributed by atoms with E-state index in [-0.39, 0.29) is 10.6 Å². The van der Waals surface area contributed by atoms with Crippen LogP contribution < -0.4 is 11.2 Å². The van der Waals surface area contributed by atoms with Gasteiger partial charge in [0.05, 0.1) is 0 Å². The summed E-state index contributed by atoms with van der Waals surface area (Å²) in [5.41, 5.74) is 4.88. The number of nitrogen functional groups attached to an aromatic ring is 1. The number of thiazole rings is 1. The number of aromatic nitrogens is 1. The van der Waals surface area contributed by atoms with Crippen molar-refractivity contribution < 1.29 is 14.4 Å². The van der Waals surface area contributed by atoms with Gasteiger partial charge in [0.25, 0.3) is 0 Å². The minimum atomic E-state index is -4.18. The lowest BCUT2D eigenvalue weighted by atomic mass is 11.0.